The first-order valence-electron chi connectivity index (χ1n) is 6.59. The molecule has 0 aromatic heterocycles. The van der Waals surface area contributed by atoms with Crippen LogP contribution in [0.5, 0.6) is 0 Å². The Hall–Kier alpha value is -1.84. The zero-order chi connectivity index (χ0) is 13.9. The van der Waals surface area contributed by atoms with Crippen LogP contribution in [-0.4, -0.2) is 11.9 Å². The zero-order valence-electron chi connectivity index (χ0n) is 10.9. The average Bonchev–Trinajstić information content (AvgIpc) is 2.49. The SMILES string of the molecule is O=C(Nc1ccccc1Cl)[C@H]1Cc2ccccc2CN1. The van der Waals surface area contributed by atoms with E-state index >= 15 is 0 Å². The molecule has 1 heterocycles. The lowest BCUT2D eigenvalue weighted by Gasteiger charge is -2.25. The highest BCUT2D eigenvalue weighted by Gasteiger charge is 2.24. The number of halogens is 1. The molecule has 20 heavy (non-hydrogen) atoms. The molecular formula is C16H15ClN2O. The molecule has 2 aromatic rings. The summed E-state index contributed by atoms with van der Waals surface area (Å²) in [7, 11) is 0. The van der Waals surface area contributed by atoms with Gasteiger partial charge >= 0.3 is 0 Å². The van der Waals surface area contributed by atoms with E-state index in [1.165, 1.54) is 11.1 Å². The monoisotopic (exact) mass is 286 g/mol. The molecule has 0 aliphatic carbocycles. The average molecular weight is 287 g/mol. The summed E-state index contributed by atoms with van der Waals surface area (Å²) in [6.45, 7) is 0.719. The Morgan fingerprint density at radius 3 is 2.60 bits per heavy atom. The van der Waals surface area contributed by atoms with Gasteiger partial charge in [-0.3, -0.25) is 4.79 Å². The van der Waals surface area contributed by atoms with Gasteiger partial charge in [-0.05, 0) is 29.7 Å². The van der Waals surface area contributed by atoms with Crippen LogP contribution < -0.4 is 10.6 Å². The van der Waals surface area contributed by atoms with E-state index < -0.39 is 0 Å². The minimum Gasteiger partial charge on any atom is -0.323 e. The van der Waals surface area contributed by atoms with Gasteiger partial charge in [0.2, 0.25) is 5.91 Å². The van der Waals surface area contributed by atoms with Gasteiger partial charge in [0.25, 0.3) is 0 Å². The fraction of sp³-hybridized carbons (Fsp3) is 0.188. The maximum atomic E-state index is 12.3. The molecule has 0 fully saturated rings. The molecule has 0 unspecified atom stereocenters. The van der Waals surface area contributed by atoms with Crippen LogP contribution in [0.1, 0.15) is 11.1 Å². The second kappa shape index (κ2) is 5.65. The smallest absolute Gasteiger partial charge is 0.241 e. The predicted octanol–water partition coefficient (Wildman–Crippen LogP) is 2.99. The second-order valence-corrected chi connectivity index (χ2v) is 5.28. The number of fused-ring (bicyclic) bond motifs is 1. The summed E-state index contributed by atoms with van der Waals surface area (Å²) in [5, 5.41) is 6.69. The van der Waals surface area contributed by atoms with Gasteiger partial charge in [0, 0.05) is 6.54 Å². The Kier molecular flexibility index (Phi) is 3.72. The van der Waals surface area contributed by atoms with E-state index in [0.717, 1.165) is 6.54 Å². The lowest BCUT2D eigenvalue weighted by Crippen LogP contribution is -2.44. The maximum absolute atomic E-state index is 12.3. The van der Waals surface area contributed by atoms with Crippen molar-refractivity contribution in [2.75, 3.05) is 5.32 Å². The minimum absolute atomic E-state index is 0.0485. The Morgan fingerprint density at radius 2 is 1.80 bits per heavy atom. The van der Waals surface area contributed by atoms with Gasteiger partial charge in [-0.1, -0.05) is 48.0 Å². The standard InChI is InChI=1S/C16H15ClN2O/c17-13-7-3-4-8-14(13)19-16(20)15-9-11-5-1-2-6-12(11)10-18-15/h1-8,15,18H,9-10H2,(H,19,20)/t15-/m1/s1. The zero-order valence-corrected chi connectivity index (χ0v) is 11.7. The number of hydrogen-bond acceptors (Lipinski definition) is 2. The number of carbonyl (C=O) groups excluding carboxylic acids is 1. The topological polar surface area (TPSA) is 41.1 Å². The molecule has 3 nitrogen and oxygen atoms in total. The molecule has 0 saturated heterocycles. The molecule has 1 amide bonds. The molecule has 3 rings (SSSR count). The van der Waals surface area contributed by atoms with Crippen molar-refractivity contribution in [3.63, 3.8) is 0 Å². The van der Waals surface area contributed by atoms with Crippen LogP contribution >= 0.6 is 11.6 Å². The summed E-state index contributed by atoms with van der Waals surface area (Å²) in [5.41, 5.74) is 3.14. The van der Waals surface area contributed by atoms with Gasteiger partial charge in [-0.2, -0.15) is 0 Å². The molecule has 0 spiro atoms. The predicted molar refractivity (Wildman–Crippen MR) is 80.9 cm³/mol. The fourth-order valence-corrected chi connectivity index (χ4v) is 2.61. The van der Waals surface area contributed by atoms with Crippen LogP contribution in [0.2, 0.25) is 5.02 Å². The number of anilines is 1. The molecule has 2 N–H and O–H groups in total. The lowest BCUT2D eigenvalue weighted by molar-refractivity contribution is -0.118. The third-order valence-electron chi connectivity index (χ3n) is 3.53. The van der Waals surface area contributed by atoms with Crippen molar-refractivity contribution >= 4 is 23.2 Å². The van der Waals surface area contributed by atoms with Crippen molar-refractivity contribution in [1.82, 2.24) is 5.32 Å². The van der Waals surface area contributed by atoms with Gasteiger partial charge in [0.15, 0.2) is 0 Å². The van der Waals surface area contributed by atoms with Crippen molar-refractivity contribution in [3.8, 4) is 0 Å². The summed E-state index contributed by atoms with van der Waals surface area (Å²) in [6.07, 6.45) is 0.701. The van der Waals surface area contributed by atoms with E-state index in [9.17, 15) is 4.79 Å². The Bertz CT molecular complexity index is 642. The van der Waals surface area contributed by atoms with E-state index in [-0.39, 0.29) is 11.9 Å². The van der Waals surface area contributed by atoms with Gasteiger partial charge in [0.1, 0.15) is 0 Å². The Labute approximate surface area is 123 Å². The highest BCUT2D eigenvalue weighted by molar-refractivity contribution is 6.33. The first kappa shape index (κ1) is 13.2. The molecule has 1 aliphatic rings. The summed E-state index contributed by atoms with van der Waals surface area (Å²) in [6, 6.07) is 15.2. The molecule has 0 saturated carbocycles. The van der Waals surface area contributed by atoms with Crippen LogP contribution in [0, 0.1) is 0 Å². The highest BCUT2D eigenvalue weighted by Crippen LogP contribution is 2.22. The van der Waals surface area contributed by atoms with Crippen molar-refractivity contribution in [3.05, 3.63) is 64.7 Å². The van der Waals surface area contributed by atoms with E-state index in [0.29, 0.717) is 17.1 Å². The van der Waals surface area contributed by atoms with Gasteiger partial charge in [-0.15, -0.1) is 0 Å². The number of hydrogen-bond donors (Lipinski definition) is 2. The van der Waals surface area contributed by atoms with Crippen molar-refractivity contribution in [2.45, 2.75) is 19.0 Å². The van der Waals surface area contributed by atoms with Crippen LogP contribution in [0.25, 0.3) is 0 Å². The first-order valence-corrected chi connectivity index (χ1v) is 6.97. The fourth-order valence-electron chi connectivity index (χ4n) is 2.42. The number of nitrogens with one attached hydrogen (secondary N) is 2. The molecule has 0 radical (unpaired) electrons. The third kappa shape index (κ3) is 2.69. The summed E-state index contributed by atoms with van der Waals surface area (Å²) >= 11 is 6.05. The molecule has 1 aliphatic heterocycles. The van der Waals surface area contributed by atoms with Crippen LogP contribution in [0.4, 0.5) is 5.69 Å². The minimum atomic E-state index is -0.221. The second-order valence-electron chi connectivity index (χ2n) is 4.88. The summed E-state index contributed by atoms with van der Waals surface area (Å²) in [5.74, 6) is -0.0485. The number of carbonyl (C=O) groups is 1. The largest absolute Gasteiger partial charge is 0.323 e. The molecule has 2 aromatic carbocycles. The highest BCUT2D eigenvalue weighted by atomic mass is 35.5. The number of para-hydroxylation sites is 1. The molecule has 1 atom stereocenters. The van der Waals surface area contributed by atoms with Crippen molar-refractivity contribution < 1.29 is 4.79 Å². The van der Waals surface area contributed by atoms with Gasteiger partial charge < -0.3 is 10.6 Å². The summed E-state index contributed by atoms with van der Waals surface area (Å²) in [4.78, 5) is 12.3. The van der Waals surface area contributed by atoms with Crippen molar-refractivity contribution in [1.29, 1.82) is 0 Å². The first-order chi connectivity index (χ1) is 9.74. The normalized spacial score (nSPS) is 17.4. The Balaban J connectivity index is 1.72. The van der Waals surface area contributed by atoms with E-state index in [4.69, 9.17) is 11.6 Å². The number of amides is 1. The van der Waals surface area contributed by atoms with Crippen LogP contribution in [0.3, 0.4) is 0 Å². The Morgan fingerprint density at radius 1 is 1.10 bits per heavy atom. The molecular weight excluding hydrogens is 272 g/mol. The van der Waals surface area contributed by atoms with Gasteiger partial charge in [0.05, 0.1) is 16.8 Å². The van der Waals surface area contributed by atoms with E-state index in [1.807, 2.05) is 24.3 Å². The van der Waals surface area contributed by atoms with E-state index in [1.54, 1.807) is 12.1 Å². The lowest BCUT2D eigenvalue weighted by atomic mass is 9.95. The van der Waals surface area contributed by atoms with Crippen LogP contribution in [-0.2, 0) is 17.8 Å². The molecule has 102 valence electrons. The number of benzene rings is 2. The maximum Gasteiger partial charge on any atom is 0.241 e. The van der Waals surface area contributed by atoms with Gasteiger partial charge in [-0.25, -0.2) is 0 Å². The molecule has 0 bridgehead atoms. The van der Waals surface area contributed by atoms with Crippen LogP contribution in [0.15, 0.2) is 48.5 Å². The summed E-state index contributed by atoms with van der Waals surface area (Å²) < 4.78 is 0. The molecule has 4 heteroatoms. The van der Waals surface area contributed by atoms with Crippen molar-refractivity contribution in [2.24, 2.45) is 0 Å². The number of rotatable bonds is 2. The van der Waals surface area contributed by atoms with E-state index in [2.05, 4.69) is 22.8 Å². The third-order valence-corrected chi connectivity index (χ3v) is 3.86. The quantitative estimate of drug-likeness (QED) is 0.891.